The van der Waals surface area contributed by atoms with E-state index in [1.165, 1.54) is 56.6 Å². The first-order chi connectivity index (χ1) is 11.8. The standard InChI is InChI=1S/C21H28N2O/c24-21-13-17-3-1-2-4-20(17)23(21)19-7-9-22(10-8-19)14-18-12-15-5-6-16(18)11-15/h1-4,15-16,18-19H,5-14H2/t15-,16+,18+/m1/s1. The Hall–Kier alpha value is -1.35. The van der Waals surface area contributed by atoms with Gasteiger partial charge in [0, 0.05) is 31.4 Å². The van der Waals surface area contributed by atoms with Crippen LogP contribution in [0, 0.1) is 17.8 Å². The summed E-state index contributed by atoms with van der Waals surface area (Å²) >= 11 is 0. The van der Waals surface area contributed by atoms with Crippen molar-refractivity contribution < 1.29 is 4.79 Å². The smallest absolute Gasteiger partial charge is 0.231 e. The number of para-hydroxylation sites is 1. The molecule has 3 fully saturated rings. The molecule has 128 valence electrons. The number of carbonyl (C=O) groups is 1. The minimum atomic E-state index is 0.308. The van der Waals surface area contributed by atoms with Crippen LogP contribution in [0.2, 0.25) is 0 Å². The molecule has 1 aromatic carbocycles. The van der Waals surface area contributed by atoms with Gasteiger partial charge in [0.2, 0.25) is 5.91 Å². The van der Waals surface area contributed by atoms with Crippen molar-refractivity contribution in [1.82, 2.24) is 4.90 Å². The van der Waals surface area contributed by atoms with Crippen molar-refractivity contribution in [3.8, 4) is 0 Å². The van der Waals surface area contributed by atoms with Gasteiger partial charge < -0.3 is 9.80 Å². The fraction of sp³-hybridized carbons (Fsp3) is 0.667. The molecule has 3 heteroatoms. The molecule has 1 aromatic rings. The number of hydrogen-bond donors (Lipinski definition) is 0. The van der Waals surface area contributed by atoms with Crippen molar-refractivity contribution in [3.63, 3.8) is 0 Å². The topological polar surface area (TPSA) is 23.6 Å². The van der Waals surface area contributed by atoms with Crippen LogP contribution in [0.1, 0.15) is 44.1 Å². The Labute approximate surface area is 145 Å². The third-order valence-corrected chi connectivity index (χ3v) is 7.16. The number of hydrogen-bond acceptors (Lipinski definition) is 2. The highest BCUT2D eigenvalue weighted by molar-refractivity contribution is 6.01. The molecule has 2 heterocycles. The molecule has 1 amide bonds. The minimum Gasteiger partial charge on any atom is -0.309 e. The van der Waals surface area contributed by atoms with Crippen LogP contribution in [-0.2, 0) is 11.2 Å². The molecule has 0 aromatic heterocycles. The minimum absolute atomic E-state index is 0.308. The van der Waals surface area contributed by atoms with E-state index in [4.69, 9.17) is 0 Å². The largest absolute Gasteiger partial charge is 0.309 e. The number of likely N-dealkylation sites (tertiary alicyclic amines) is 1. The van der Waals surface area contributed by atoms with Crippen molar-refractivity contribution >= 4 is 11.6 Å². The first kappa shape index (κ1) is 14.9. The Balaban J connectivity index is 1.21. The lowest BCUT2D eigenvalue weighted by molar-refractivity contribution is -0.118. The van der Waals surface area contributed by atoms with Gasteiger partial charge in [-0.05, 0) is 61.5 Å². The molecule has 1 saturated heterocycles. The van der Waals surface area contributed by atoms with Crippen LogP contribution in [0.4, 0.5) is 5.69 Å². The van der Waals surface area contributed by atoms with Crippen LogP contribution in [0.15, 0.2) is 24.3 Å². The predicted octanol–water partition coefficient (Wildman–Crippen LogP) is 3.48. The van der Waals surface area contributed by atoms with Crippen LogP contribution in [-0.4, -0.2) is 36.5 Å². The summed E-state index contributed by atoms with van der Waals surface area (Å²) in [5, 5.41) is 0. The lowest BCUT2D eigenvalue weighted by Crippen LogP contribution is -2.47. The molecule has 3 atom stereocenters. The Bertz CT molecular complexity index is 634. The second-order valence-corrected chi connectivity index (χ2v) is 8.54. The molecule has 2 aliphatic carbocycles. The first-order valence-electron chi connectivity index (χ1n) is 9.90. The van der Waals surface area contributed by atoms with E-state index >= 15 is 0 Å². The summed E-state index contributed by atoms with van der Waals surface area (Å²) < 4.78 is 0. The number of amides is 1. The van der Waals surface area contributed by atoms with Crippen LogP contribution in [0.3, 0.4) is 0 Å². The maximum atomic E-state index is 12.5. The molecule has 0 radical (unpaired) electrons. The molecule has 2 saturated carbocycles. The maximum absolute atomic E-state index is 12.5. The van der Waals surface area contributed by atoms with E-state index in [1.54, 1.807) is 0 Å². The number of fused-ring (bicyclic) bond motifs is 3. The third-order valence-electron chi connectivity index (χ3n) is 7.16. The van der Waals surface area contributed by atoms with Crippen LogP contribution in [0.5, 0.6) is 0 Å². The molecule has 2 aliphatic heterocycles. The number of nitrogens with zero attached hydrogens (tertiary/aromatic N) is 2. The van der Waals surface area contributed by atoms with Crippen LogP contribution >= 0.6 is 0 Å². The number of carbonyl (C=O) groups excluding carboxylic acids is 1. The zero-order valence-electron chi connectivity index (χ0n) is 14.5. The SMILES string of the molecule is O=C1Cc2ccccc2N1C1CCN(C[C@@H]2C[C@@H]3CC[C@H]2C3)CC1. The molecular weight excluding hydrogens is 296 g/mol. The van der Waals surface area contributed by atoms with Gasteiger partial charge in [0.05, 0.1) is 6.42 Å². The summed E-state index contributed by atoms with van der Waals surface area (Å²) in [5.74, 6) is 3.35. The molecule has 2 bridgehead atoms. The molecule has 3 nitrogen and oxygen atoms in total. The predicted molar refractivity (Wildman–Crippen MR) is 96.0 cm³/mol. The van der Waals surface area contributed by atoms with E-state index < -0.39 is 0 Å². The van der Waals surface area contributed by atoms with Gasteiger partial charge in [-0.3, -0.25) is 4.79 Å². The Kier molecular flexibility index (Phi) is 3.66. The Morgan fingerprint density at radius 3 is 2.58 bits per heavy atom. The molecule has 0 spiro atoms. The van der Waals surface area contributed by atoms with Gasteiger partial charge in [-0.25, -0.2) is 0 Å². The van der Waals surface area contributed by atoms with E-state index in [2.05, 4.69) is 28.0 Å². The van der Waals surface area contributed by atoms with Gasteiger partial charge in [0.1, 0.15) is 0 Å². The monoisotopic (exact) mass is 324 g/mol. The summed E-state index contributed by atoms with van der Waals surface area (Å²) in [5.41, 5.74) is 2.39. The molecular formula is C21H28N2O. The average Bonchev–Trinajstić information content (AvgIpc) is 3.29. The maximum Gasteiger partial charge on any atom is 0.231 e. The summed E-state index contributed by atoms with van der Waals surface area (Å²) in [6.07, 6.45) is 8.87. The van der Waals surface area contributed by atoms with Gasteiger partial charge >= 0.3 is 0 Å². The van der Waals surface area contributed by atoms with E-state index in [0.717, 1.165) is 30.6 Å². The zero-order valence-corrected chi connectivity index (χ0v) is 14.5. The first-order valence-corrected chi connectivity index (χ1v) is 9.90. The van der Waals surface area contributed by atoms with E-state index in [-0.39, 0.29) is 0 Å². The zero-order chi connectivity index (χ0) is 16.1. The highest BCUT2D eigenvalue weighted by Gasteiger charge is 2.41. The van der Waals surface area contributed by atoms with Crippen LogP contribution < -0.4 is 4.90 Å². The third kappa shape index (κ3) is 2.48. The second kappa shape index (κ2) is 5.87. The molecule has 4 aliphatic rings. The van der Waals surface area contributed by atoms with Crippen molar-refractivity contribution in [2.75, 3.05) is 24.5 Å². The Morgan fingerprint density at radius 1 is 1.00 bits per heavy atom. The van der Waals surface area contributed by atoms with Crippen molar-refractivity contribution in [2.45, 2.75) is 51.0 Å². The number of benzene rings is 1. The Morgan fingerprint density at radius 2 is 1.83 bits per heavy atom. The molecule has 24 heavy (non-hydrogen) atoms. The normalized spacial score (nSPS) is 33.4. The fourth-order valence-corrected chi connectivity index (χ4v) is 5.97. The lowest BCUT2D eigenvalue weighted by atomic mass is 9.88. The van der Waals surface area contributed by atoms with E-state index in [9.17, 15) is 4.79 Å². The summed E-state index contributed by atoms with van der Waals surface area (Å²) in [7, 11) is 0. The highest BCUT2D eigenvalue weighted by atomic mass is 16.2. The van der Waals surface area contributed by atoms with Crippen molar-refractivity contribution in [1.29, 1.82) is 0 Å². The van der Waals surface area contributed by atoms with Crippen molar-refractivity contribution in [3.05, 3.63) is 29.8 Å². The number of anilines is 1. The van der Waals surface area contributed by atoms with Gasteiger partial charge in [-0.2, -0.15) is 0 Å². The summed E-state index contributed by atoms with van der Waals surface area (Å²) in [6.45, 7) is 3.66. The average molecular weight is 324 g/mol. The summed E-state index contributed by atoms with van der Waals surface area (Å²) in [4.78, 5) is 17.3. The summed E-state index contributed by atoms with van der Waals surface area (Å²) in [6, 6.07) is 8.76. The van der Waals surface area contributed by atoms with Gasteiger partial charge in [-0.15, -0.1) is 0 Å². The molecule has 5 rings (SSSR count). The van der Waals surface area contributed by atoms with E-state index in [1.807, 2.05) is 6.07 Å². The number of piperidine rings is 1. The highest BCUT2D eigenvalue weighted by Crippen LogP contribution is 2.48. The quantitative estimate of drug-likeness (QED) is 0.850. The lowest BCUT2D eigenvalue weighted by Gasteiger charge is -2.39. The number of rotatable bonds is 3. The van der Waals surface area contributed by atoms with E-state index in [0.29, 0.717) is 18.4 Å². The van der Waals surface area contributed by atoms with Gasteiger partial charge in [0.25, 0.3) is 0 Å². The second-order valence-electron chi connectivity index (χ2n) is 8.54. The molecule has 0 N–H and O–H groups in total. The van der Waals surface area contributed by atoms with Crippen LogP contribution in [0.25, 0.3) is 0 Å². The molecule has 0 unspecified atom stereocenters. The van der Waals surface area contributed by atoms with Gasteiger partial charge in [-0.1, -0.05) is 24.6 Å². The fourth-order valence-electron chi connectivity index (χ4n) is 5.97. The van der Waals surface area contributed by atoms with Crippen molar-refractivity contribution in [2.24, 2.45) is 17.8 Å². The van der Waals surface area contributed by atoms with Gasteiger partial charge in [0.15, 0.2) is 0 Å².